The van der Waals surface area contributed by atoms with Gasteiger partial charge in [-0.2, -0.15) is 0 Å². The van der Waals surface area contributed by atoms with E-state index in [1.165, 1.54) is 0 Å². The summed E-state index contributed by atoms with van der Waals surface area (Å²) in [5.41, 5.74) is 1.05. The van der Waals surface area contributed by atoms with E-state index < -0.39 is 0 Å². The van der Waals surface area contributed by atoms with Crippen LogP contribution in [0.2, 0.25) is 5.02 Å². The molecule has 1 aromatic heterocycles. The molecule has 0 spiro atoms. The van der Waals surface area contributed by atoms with E-state index in [2.05, 4.69) is 38.5 Å². The first-order chi connectivity index (χ1) is 10.1. The molecular weight excluding hydrogens is 354 g/mol. The van der Waals surface area contributed by atoms with Crippen LogP contribution in [-0.4, -0.2) is 17.4 Å². The molecule has 1 amide bonds. The molecule has 6 heteroatoms. The Bertz CT molecular complexity index is 631. The fourth-order valence-corrected chi connectivity index (χ4v) is 2.39. The van der Waals surface area contributed by atoms with Crippen LogP contribution in [0.1, 0.15) is 23.7 Å². The van der Waals surface area contributed by atoms with Crippen molar-refractivity contribution < 1.29 is 4.79 Å². The molecule has 21 heavy (non-hydrogen) atoms. The molecule has 0 aliphatic heterocycles. The highest BCUT2D eigenvalue weighted by atomic mass is 79.9. The van der Waals surface area contributed by atoms with Crippen LogP contribution in [0, 0.1) is 0 Å². The largest absolute Gasteiger partial charge is 0.370 e. The Balaban J connectivity index is 2.06. The van der Waals surface area contributed by atoms with Gasteiger partial charge in [-0.05, 0) is 36.8 Å². The zero-order chi connectivity index (χ0) is 15.2. The van der Waals surface area contributed by atoms with E-state index in [4.69, 9.17) is 11.6 Å². The predicted octanol–water partition coefficient (Wildman–Crippen LogP) is 4.57. The van der Waals surface area contributed by atoms with E-state index in [0.717, 1.165) is 23.3 Å². The van der Waals surface area contributed by atoms with Crippen LogP contribution in [0.3, 0.4) is 0 Å². The van der Waals surface area contributed by atoms with Gasteiger partial charge in [0.2, 0.25) is 0 Å². The van der Waals surface area contributed by atoms with Gasteiger partial charge in [-0.25, -0.2) is 4.98 Å². The predicted molar refractivity (Wildman–Crippen MR) is 90.1 cm³/mol. The van der Waals surface area contributed by atoms with E-state index in [9.17, 15) is 4.79 Å². The maximum atomic E-state index is 12.1. The molecule has 110 valence electrons. The second kappa shape index (κ2) is 7.43. The summed E-state index contributed by atoms with van der Waals surface area (Å²) >= 11 is 9.40. The standard InChI is InChI=1S/C15H15BrClN3O/c1-2-7-18-14-6-3-10(9-19-14)15(21)20-13-5-4-11(16)8-12(13)17/h3-6,8-9H,2,7H2,1H3,(H,18,19)(H,20,21). The highest BCUT2D eigenvalue weighted by Gasteiger charge is 2.09. The number of pyridine rings is 1. The minimum absolute atomic E-state index is 0.242. The summed E-state index contributed by atoms with van der Waals surface area (Å²) in [6.07, 6.45) is 2.56. The number of hydrogen-bond donors (Lipinski definition) is 2. The Morgan fingerprint density at radius 3 is 2.76 bits per heavy atom. The van der Waals surface area contributed by atoms with E-state index in [1.807, 2.05) is 6.07 Å². The Hall–Kier alpha value is -1.59. The third kappa shape index (κ3) is 4.44. The molecule has 1 aromatic carbocycles. The smallest absolute Gasteiger partial charge is 0.257 e. The number of hydrogen-bond acceptors (Lipinski definition) is 3. The van der Waals surface area contributed by atoms with E-state index in [0.29, 0.717) is 16.3 Å². The van der Waals surface area contributed by atoms with Gasteiger partial charge < -0.3 is 10.6 Å². The first kappa shape index (κ1) is 15.8. The summed E-state index contributed by atoms with van der Waals surface area (Å²) in [6, 6.07) is 8.81. The third-order valence-corrected chi connectivity index (χ3v) is 3.57. The van der Waals surface area contributed by atoms with Gasteiger partial charge >= 0.3 is 0 Å². The van der Waals surface area contributed by atoms with Crippen molar-refractivity contribution in [1.82, 2.24) is 4.98 Å². The fraction of sp³-hybridized carbons (Fsp3) is 0.200. The van der Waals surface area contributed by atoms with Crippen LogP contribution in [-0.2, 0) is 0 Å². The molecule has 4 nitrogen and oxygen atoms in total. The van der Waals surface area contributed by atoms with Crippen molar-refractivity contribution in [2.75, 3.05) is 17.2 Å². The van der Waals surface area contributed by atoms with Gasteiger partial charge in [0.1, 0.15) is 5.82 Å². The summed E-state index contributed by atoms with van der Waals surface area (Å²) in [5.74, 6) is 0.517. The molecule has 0 fully saturated rings. The second-order valence-corrected chi connectivity index (χ2v) is 5.76. The van der Waals surface area contributed by atoms with Crippen LogP contribution in [0.4, 0.5) is 11.5 Å². The number of nitrogens with zero attached hydrogens (tertiary/aromatic N) is 1. The van der Waals surface area contributed by atoms with Gasteiger partial charge in [-0.15, -0.1) is 0 Å². The number of halogens is 2. The molecule has 2 aromatic rings. The van der Waals surface area contributed by atoms with Gasteiger partial charge in [0, 0.05) is 17.2 Å². The summed E-state index contributed by atoms with van der Waals surface area (Å²) in [7, 11) is 0. The Labute approximate surface area is 137 Å². The SMILES string of the molecule is CCCNc1ccc(C(=O)Nc2ccc(Br)cc2Cl)cn1. The molecule has 1 heterocycles. The highest BCUT2D eigenvalue weighted by molar-refractivity contribution is 9.10. The van der Waals surface area contributed by atoms with E-state index in [1.54, 1.807) is 30.5 Å². The van der Waals surface area contributed by atoms with Crippen molar-refractivity contribution >= 4 is 44.9 Å². The minimum Gasteiger partial charge on any atom is -0.370 e. The number of aromatic nitrogens is 1. The van der Waals surface area contributed by atoms with Crippen LogP contribution < -0.4 is 10.6 Å². The lowest BCUT2D eigenvalue weighted by atomic mass is 10.2. The minimum atomic E-state index is -0.242. The molecule has 0 atom stereocenters. The Morgan fingerprint density at radius 2 is 2.14 bits per heavy atom. The fourth-order valence-electron chi connectivity index (χ4n) is 1.67. The molecule has 0 bridgehead atoms. The zero-order valence-corrected chi connectivity index (χ0v) is 13.8. The van der Waals surface area contributed by atoms with Crippen molar-refractivity contribution in [3.05, 3.63) is 51.6 Å². The number of rotatable bonds is 5. The lowest BCUT2D eigenvalue weighted by Gasteiger charge is -2.08. The van der Waals surface area contributed by atoms with Gasteiger partial charge in [0.25, 0.3) is 5.91 Å². The van der Waals surface area contributed by atoms with Crippen LogP contribution in [0.15, 0.2) is 41.0 Å². The number of anilines is 2. The monoisotopic (exact) mass is 367 g/mol. The third-order valence-electron chi connectivity index (χ3n) is 2.76. The highest BCUT2D eigenvalue weighted by Crippen LogP contribution is 2.26. The van der Waals surface area contributed by atoms with E-state index >= 15 is 0 Å². The van der Waals surface area contributed by atoms with Crippen molar-refractivity contribution in [2.24, 2.45) is 0 Å². The van der Waals surface area contributed by atoms with Crippen molar-refractivity contribution in [3.8, 4) is 0 Å². The topological polar surface area (TPSA) is 54.0 Å². The first-order valence-corrected chi connectivity index (χ1v) is 7.73. The second-order valence-electron chi connectivity index (χ2n) is 4.44. The normalized spacial score (nSPS) is 10.2. The molecule has 0 saturated heterocycles. The van der Waals surface area contributed by atoms with Crippen molar-refractivity contribution in [1.29, 1.82) is 0 Å². The lowest BCUT2D eigenvalue weighted by molar-refractivity contribution is 0.102. The zero-order valence-electron chi connectivity index (χ0n) is 11.5. The number of carbonyl (C=O) groups is 1. The van der Waals surface area contributed by atoms with Gasteiger partial charge in [-0.1, -0.05) is 34.5 Å². The van der Waals surface area contributed by atoms with Crippen LogP contribution >= 0.6 is 27.5 Å². The summed E-state index contributed by atoms with van der Waals surface area (Å²) in [5, 5.41) is 6.40. The molecule has 0 aliphatic carbocycles. The molecule has 0 unspecified atom stereocenters. The maximum absolute atomic E-state index is 12.1. The Kier molecular flexibility index (Phi) is 5.59. The number of carbonyl (C=O) groups excluding carboxylic acids is 1. The van der Waals surface area contributed by atoms with Crippen molar-refractivity contribution in [2.45, 2.75) is 13.3 Å². The average molecular weight is 369 g/mol. The lowest BCUT2D eigenvalue weighted by Crippen LogP contribution is -2.13. The van der Waals surface area contributed by atoms with E-state index in [-0.39, 0.29) is 5.91 Å². The molecule has 0 aliphatic rings. The molecule has 0 saturated carbocycles. The van der Waals surface area contributed by atoms with Gasteiger partial charge in [0.05, 0.1) is 16.3 Å². The molecule has 2 N–H and O–H groups in total. The first-order valence-electron chi connectivity index (χ1n) is 6.56. The summed E-state index contributed by atoms with van der Waals surface area (Å²) in [6.45, 7) is 2.93. The number of amides is 1. The van der Waals surface area contributed by atoms with Crippen LogP contribution in [0.5, 0.6) is 0 Å². The molecule has 2 rings (SSSR count). The number of benzene rings is 1. The quantitative estimate of drug-likeness (QED) is 0.812. The maximum Gasteiger partial charge on any atom is 0.257 e. The van der Waals surface area contributed by atoms with Gasteiger partial charge in [0.15, 0.2) is 0 Å². The van der Waals surface area contributed by atoms with Crippen LogP contribution in [0.25, 0.3) is 0 Å². The molecular formula is C15H15BrClN3O. The Morgan fingerprint density at radius 1 is 1.33 bits per heavy atom. The van der Waals surface area contributed by atoms with Gasteiger partial charge in [-0.3, -0.25) is 4.79 Å². The molecule has 0 radical (unpaired) electrons. The van der Waals surface area contributed by atoms with Crippen molar-refractivity contribution in [3.63, 3.8) is 0 Å². The number of nitrogens with one attached hydrogen (secondary N) is 2. The average Bonchev–Trinajstić information content (AvgIpc) is 2.48. The summed E-state index contributed by atoms with van der Waals surface area (Å²) < 4.78 is 0.860. The summed E-state index contributed by atoms with van der Waals surface area (Å²) in [4.78, 5) is 16.3.